The van der Waals surface area contributed by atoms with Gasteiger partial charge in [0.1, 0.15) is 5.75 Å². The molecule has 132 valence electrons. The zero-order chi connectivity index (χ0) is 18.2. The van der Waals surface area contributed by atoms with E-state index in [1.807, 2.05) is 19.1 Å². The van der Waals surface area contributed by atoms with Gasteiger partial charge in [-0.3, -0.25) is 9.59 Å². The molecule has 0 aliphatic rings. The van der Waals surface area contributed by atoms with Gasteiger partial charge >= 0.3 is 0 Å². The summed E-state index contributed by atoms with van der Waals surface area (Å²) in [5.41, 5.74) is 2.22. The van der Waals surface area contributed by atoms with Gasteiger partial charge in [-0.1, -0.05) is 29.8 Å². The Morgan fingerprint density at radius 1 is 1.04 bits per heavy atom. The van der Waals surface area contributed by atoms with Crippen LogP contribution in [0.4, 0.5) is 11.4 Å². The van der Waals surface area contributed by atoms with Gasteiger partial charge in [0, 0.05) is 0 Å². The Hall–Kier alpha value is -2.73. The van der Waals surface area contributed by atoms with Crippen molar-refractivity contribution in [1.82, 2.24) is 5.32 Å². The van der Waals surface area contributed by atoms with Crippen LogP contribution >= 0.6 is 11.6 Å². The average molecular weight is 362 g/mol. The fourth-order valence-electron chi connectivity index (χ4n) is 2.14. The van der Waals surface area contributed by atoms with Gasteiger partial charge in [0.2, 0.25) is 11.8 Å². The molecule has 0 bridgehead atoms. The van der Waals surface area contributed by atoms with Crippen LogP contribution in [0.5, 0.6) is 5.75 Å². The Morgan fingerprint density at radius 3 is 2.52 bits per heavy atom. The van der Waals surface area contributed by atoms with Crippen molar-refractivity contribution in [3.05, 3.63) is 53.1 Å². The van der Waals surface area contributed by atoms with Crippen LogP contribution in [0, 0.1) is 6.92 Å². The minimum absolute atomic E-state index is 0.0186. The molecule has 0 aliphatic carbocycles. The molecular formula is C18H20ClN3O3. The highest BCUT2D eigenvalue weighted by Crippen LogP contribution is 2.25. The smallest absolute Gasteiger partial charge is 0.243 e. The lowest BCUT2D eigenvalue weighted by atomic mass is 10.2. The van der Waals surface area contributed by atoms with Gasteiger partial charge in [-0.05, 0) is 36.8 Å². The van der Waals surface area contributed by atoms with Crippen molar-refractivity contribution in [2.45, 2.75) is 6.92 Å². The second-order valence-electron chi connectivity index (χ2n) is 5.36. The minimum atomic E-state index is -0.338. The summed E-state index contributed by atoms with van der Waals surface area (Å²) in [6.07, 6.45) is 0. The number of aryl methyl sites for hydroxylation is 1. The number of benzene rings is 2. The number of rotatable bonds is 7. The van der Waals surface area contributed by atoms with E-state index in [0.717, 1.165) is 5.56 Å². The summed E-state index contributed by atoms with van der Waals surface area (Å²) >= 11 is 6.00. The molecule has 0 heterocycles. The maximum absolute atomic E-state index is 12.0. The number of carbonyl (C=O) groups excluding carboxylic acids is 2. The number of methoxy groups -OCH3 is 1. The van der Waals surface area contributed by atoms with Crippen molar-refractivity contribution in [1.29, 1.82) is 0 Å². The second kappa shape index (κ2) is 8.94. The molecule has 0 unspecified atom stereocenters. The van der Waals surface area contributed by atoms with E-state index < -0.39 is 0 Å². The maximum atomic E-state index is 12.0. The third-order valence-corrected chi connectivity index (χ3v) is 3.72. The standard InChI is InChI=1S/C18H20ClN3O3/c1-12-7-8-16(25-2)15(9-12)22-18(24)11-21-17(23)10-20-14-6-4-3-5-13(14)19/h3-9,20H,10-11H2,1-2H3,(H,21,23)(H,22,24). The van der Waals surface area contributed by atoms with Crippen molar-refractivity contribution in [3.8, 4) is 5.75 Å². The summed E-state index contributed by atoms with van der Waals surface area (Å²) in [7, 11) is 1.53. The Kier molecular flexibility index (Phi) is 6.65. The third-order valence-electron chi connectivity index (χ3n) is 3.39. The van der Waals surface area contributed by atoms with Gasteiger partial charge in [-0.15, -0.1) is 0 Å². The lowest BCUT2D eigenvalue weighted by Gasteiger charge is -2.12. The number of anilines is 2. The number of hydrogen-bond donors (Lipinski definition) is 3. The quantitative estimate of drug-likeness (QED) is 0.708. The van der Waals surface area contributed by atoms with Crippen molar-refractivity contribution in [3.63, 3.8) is 0 Å². The highest BCUT2D eigenvalue weighted by Gasteiger charge is 2.10. The van der Waals surface area contributed by atoms with E-state index >= 15 is 0 Å². The van der Waals surface area contributed by atoms with Crippen LogP contribution in [0.25, 0.3) is 0 Å². The zero-order valence-corrected chi connectivity index (χ0v) is 14.8. The van der Waals surface area contributed by atoms with Crippen molar-refractivity contribution in [2.24, 2.45) is 0 Å². The molecule has 7 heteroatoms. The summed E-state index contributed by atoms with van der Waals surface area (Å²) in [5, 5.41) is 8.71. The average Bonchev–Trinajstić information content (AvgIpc) is 2.59. The molecular weight excluding hydrogens is 342 g/mol. The topological polar surface area (TPSA) is 79.5 Å². The molecule has 0 saturated heterocycles. The second-order valence-corrected chi connectivity index (χ2v) is 5.77. The molecule has 0 saturated carbocycles. The molecule has 0 spiro atoms. The minimum Gasteiger partial charge on any atom is -0.495 e. The summed E-state index contributed by atoms with van der Waals surface area (Å²) in [6.45, 7) is 1.79. The van der Waals surface area contributed by atoms with Crippen molar-refractivity contribution >= 4 is 34.8 Å². The molecule has 2 aromatic carbocycles. The number of carbonyl (C=O) groups is 2. The van der Waals surface area contributed by atoms with E-state index in [1.54, 1.807) is 30.3 Å². The molecule has 0 fully saturated rings. The molecule has 0 aliphatic heterocycles. The molecule has 25 heavy (non-hydrogen) atoms. The number of hydrogen-bond acceptors (Lipinski definition) is 4. The normalized spacial score (nSPS) is 10.0. The SMILES string of the molecule is COc1ccc(C)cc1NC(=O)CNC(=O)CNc1ccccc1Cl. The molecule has 3 N–H and O–H groups in total. The molecule has 2 amide bonds. The predicted molar refractivity (Wildman–Crippen MR) is 99.3 cm³/mol. The van der Waals surface area contributed by atoms with Crippen LogP contribution in [0.3, 0.4) is 0 Å². The van der Waals surface area contributed by atoms with E-state index in [1.165, 1.54) is 7.11 Å². The maximum Gasteiger partial charge on any atom is 0.243 e. The van der Waals surface area contributed by atoms with E-state index in [2.05, 4.69) is 16.0 Å². The van der Waals surface area contributed by atoms with E-state index in [-0.39, 0.29) is 24.9 Å². The molecule has 0 aromatic heterocycles. The van der Waals surface area contributed by atoms with E-state index in [0.29, 0.717) is 22.1 Å². The highest BCUT2D eigenvalue weighted by molar-refractivity contribution is 6.33. The summed E-state index contributed by atoms with van der Waals surface area (Å²) in [6, 6.07) is 12.6. The van der Waals surface area contributed by atoms with Crippen LogP contribution in [-0.4, -0.2) is 32.0 Å². The van der Waals surface area contributed by atoms with Crippen molar-refractivity contribution < 1.29 is 14.3 Å². The monoisotopic (exact) mass is 361 g/mol. The van der Waals surface area contributed by atoms with E-state index in [9.17, 15) is 9.59 Å². The third kappa shape index (κ3) is 5.69. The van der Waals surface area contributed by atoms with Crippen LogP contribution < -0.4 is 20.7 Å². The molecule has 6 nitrogen and oxygen atoms in total. The zero-order valence-electron chi connectivity index (χ0n) is 14.1. The Balaban J connectivity index is 1.81. The summed E-state index contributed by atoms with van der Waals surface area (Å²) in [5.74, 6) is -0.0908. The number of ether oxygens (including phenoxy) is 1. The van der Waals surface area contributed by atoms with Gasteiger partial charge in [0.05, 0.1) is 36.6 Å². The lowest BCUT2D eigenvalue weighted by Crippen LogP contribution is -2.36. The van der Waals surface area contributed by atoms with Crippen LogP contribution in [0.2, 0.25) is 5.02 Å². The van der Waals surface area contributed by atoms with Crippen LogP contribution in [-0.2, 0) is 9.59 Å². The molecule has 0 atom stereocenters. The van der Waals surface area contributed by atoms with Gasteiger partial charge in [-0.2, -0.15) is 0 Å². The predicted octanol–water partition coefficient (Wildman–Crippen LogP) is 2.82. The van der Waals surface area contributed by atoms with Gasteiger partial charge < -0.3 is 20.7 Å². The van der Waals surface area contributed by atoms with Gasteiger partial charge in [-0.25, -0.2) is 0 Å². The first-order valence-corrected chi connectivity index (χ1v) is 8.07. The number of nitrogens with one attached hydrogen (secondary N) is 3. The summed E-state index contributed by atoms with van der Waals surface area (Å²) in [4.78, 5) is 23.8. The molecule has 2 rings (SSSR count). The lowest BCUT2D eigenvalue weighted by molar-refractivity contribution is -0.122. The Morgan fingerprint density at radius 2 is 1.80 bits per heavy atom. The summed E-state index contributed by atoms with van der Waals surface area (Å²) < 4.78 is 5.20. The van der Waals surface area contributed by atoms with Crippen LogP contribution in [0.1, 0.15) is 5.56 Å². The van der Waals surface area contributed by atoms with Crippen molar-refractivity contribution in [2.75, 3.05) is 30.8 Å². The largest absolute Gasteiger partial charge is 0.495 e. The Labute approximate surface area is 151 Å². The number of amides is 2. The fraction of sp³-hybridized carbons (Fsp3) is 0.222. The number of halogens is 1. The van der Waals surface area contributed by atoms with E-state index in [4.69, 9.17) is 16.3 Å². The Bertz CT molecular complexity index is 765. The first-order chi connectivity index (χ1) is 12.0. The molecule has 0 radical (unpaired) electrons. The highest BCUT2D eigenvalue weighted by atomic mass is 35.5. The van der Waals surface area contributed by atoms with Crippen LogP contribution in [0.15, 0.2) is 42.5 Å². The number of para-hydroxylation sites is 1. The first kappa shape index (κ1) is 18.6. The fourth-order valence-corrected chi connectivity index (χ4v) is 2.34. The van der Waals surface area contributed by atoms with Gasteiger partial charge in [0.15, 0.2) is 0 Å². The first-order valence-electron chi connectivity index (χ1n) is 7.69. The van der Waals surface area contributed by atoms with Gasteiger partial charge in [0.25, 0.3) is 0 Å². The molecule has 2 aromatic rings.